The van der Waals surface area contributed by atoms with Gasteiger partial charge in [-0.25, -0.2) is 4.79 Å². The minimum Gasteiger partial charge on any atom is -0.465 e. The zero-order valence-corrected chi connectivity index (χ0v) is 22.9. The van der Waals surface area contributed by atoms with E-state index in [1.165, 1.54) is 69.2 Å². The summed E-state index contributed by atoms with van der Waals surface area (Å²) in [6, 6.07) is 9.49. The number of piperidine rings is 3. The van der Waals surface area contributed by atoms with Crippen LogP contribution in [-0.2, 0) is 4.74 Å². The van der Waals surface area contributed by atoms with Gasteiger partial charge in [-0.1, -0.05) is 41.5 Å². The Kier molecular flexibility index (Phi) is 6.65. The zero-order valence-electron chi connectivity index (χ0n) is 21.2. The highest BCUT2D eigenvalue weighted by Gasteiger charge is 2.48. The molecular formula is C29H36N3O2S2+. The number of ether oxygens (including phenoxy) is 1. The van der Waals surface area contributed by atoms with Crippen LogP contribution < -0.4 is 10.2 Å². The number of carbonyl (C=O) groups is 1. The smallest absolute Gasteiger partial charge is 0.341 e. The summed E-state index contributed by atoms with van der Waals surface area (Å²) in [6.45, 7) is 5.64. The lowest BCUT2D eigenvalue weighted by Crippen LogP contribution is -3.19. The topological polar surface area (TPSA) is 46.0 Å². The Morgan fingerprint density at radius 2 is 2.06 bits per heavy atom. The number of fused-ring (bicyclic) bond motifs is 6. The number of thiophene rings is 1. The Bertz CT molecular complexity index is 1190. The van der Waals surface area contributed by atoms with Crippen molar-refractivity contribution in [2.45, 2.75) is 57.5 Å². The van der Waals surface area contributed by atoms with Gasteiger partial charge in [-0.3, -0.25) is 0 Å². The number of benzene rings is 1. The fourth-order valence-electron chi connectivity index (χ4n) is 7.29. The molecule has 5 atom stereocenters. The number of nitrogens with one attached hydrogen (secondary N) is 2. The molecule has 5 nitrogen and oxygen atoms in total. The number of hydrogen-bond donors (Lipinski definition) is 2. The number of thiocarbonyl (C=S) groups is 1. The average molecular weight is 523 g/mol. The number of methoxy groups -OCH3 is 1. The number of aryl methyl sites for hydroxylation is 1. The summed E-state index contributed by atoms with van der Waals surface area (Å²) in [5.41, 5.74) is 5.28. The Morgan fingerprint density at radius 1 is 1.22 bits per heavy atom. The summed E-state index contributed by atoms with van der Waals surface area (Å²) in [4.78, 5) is 17.2. The highest BCUT2D eigenvalue weighted by atomic mass is 32.1. The maximum Gasteiger partial charge on any atom is 0.341 e. The summed E-state index contributed by atoms with van der Waals surface area (Å²) >= 11 is 7.58. The third-order valence-corrected chi connectivity index (χ3v) is 10.1. The average Bonchev–Trinajstić information content (AvgIpc) is 3.31. The molecule has 4 heterocycles. The number of likely N-dealkylation sites (tertiary alicyclic amines) is 1. The van der Waals surface area contributed by atoms with Crippen LogP contribution in [0.5, 0.6) is 0 Å². The molecule has 2 N–H and O–H groups in total. The van der Waals surface area contributed by atoms with Crippen LogP contribution in [0.3, 0.4) is 0 Å². The second-order valence-corrected chi connectivity index (χ2v) is 12.3. The van der Waals surface area contributed by atoms with Gasteiger partial charge >= 0.3 is 5.97 Å². The second kappa shape index (κ2) is 9.92. The second-order valence-electron chi connectivity index (χ2n) is 11.0. The van der Waals surface area contributed by atoms with E-state index in [4.69, 9.17) is 17.0 Å². The number of hydrogen-bond acceptors (Lipinski definition) is 4. The Morgan fingerprint density at radius 3 is 2.86 bits per heavy atom. The van der Waals surface area contributed by atoms with Crippen molar-refractivity contribution >= 4 is 39.6 Å². The van der Waals surface area contributed by atoms with E-state index in [0.29, 0.717) is 17.5 Å². The Labute approximate surface area is 223 Å². The fourth-order valence-corrected chi connectivity index (χ4v) is 8.61. The van der Waals surface area contributed by atoms with Gasteiger partial charge in [-0.15, -0.1) is 11.3 Å². The van der Waals surface area contributed by atoms with Gasteiger partial charge in [0.25, 0.3) is 0 Å². The van der Waals surface area contributed by atoms with E-state index in [2.05, 4.69) is 47.5 Å². The van der Waals surface area contributed by atoms with E-state index in [9.17, 15) is 4.79 Å². The normalized spacial score (nSPS) is 29.0. The number of anilines is 1. The van der Waals surface area contributed by atoms with Gasteiger partial charge in [0.05, 0.1) is 32.3 Å². The molecule has 2 aromatic rings. The monoisotopic (exact) mass is 522 g/mol. The molecule has 1 aromatic carbocycles. The van der Waals surface area contributed by atoms with Crippen molar-refractivity contribution in [2.75, 3.05) is 32.1 Å². The van der Waals surface area contributed by atoms with E-state index in [-0.39, 0.29) is 5.97 Å². The van der Waals surface area contributed by atoms with Gasteiger partial charge in [0, 0.05) is 35.7 Å². The maximum absolute atomic E-state index is 12.9. The molecule has 0 amide bonds. The highest BCUT2D eigenvalue weighted by molar-refractivity contribution is 7.80. The summed E-state index contributed by atoms with van der Waals surface area (Å²) in [5.74, 6) is 1.07. The molecule has 0 radical (unpaired) electrons. The van der Waals surface area contributed by atoms with Gasteiger partial charge in [0.2, 0.25) is 0 Å². The highest BCUT2D eigenvalue weighted by Crippen LogP contribution is 2.42. The first kappa shape index (κ1) is 24.1. The van der Waals surface area contributed by atoms with Gasteiger partial charge in [-0.05, 0) is 56.8 Å². The van der Waals surface area contributed by atoms with Crippen molar-refractivity contribution in [1.82, 2.24) is 4.90 Å². The molecule has 7 heteroatoms. The number of quaternary nitrogens is 1. The van der Waals surface area contributed by atoms with E-state index in [1.807, 2.05) is 10.3 Å². The molecule has 1 unspecified atom stereocenters. The molecule has 1 aromatic heterocycles. The van der Waals surface area contributed by atoms with E-state index in [0.717, 1.165) is 46.2 Å². The SMILES string of the molecule is COC(=O)c1c(-c2ccc(C)cc2)csc1NC(=S)N1CCCC2=C[C@@H]3C[C@@H](C[NH+]4CCCC[C@H]34)[C@H]21. The molecular weight excluding hydrogens is 486 g/mol. The standard InChI is InChI=1S/C29H35N3O2S2/c1-18-8-10-19(11-9-18)23-17-36-27(25(23)28(33)34-2)30-29(35)32-13-5-6-20-14-21-15-22(26(20)32)16-31-12-4-3-7-24(21)31/h8-11,14,17,21-22,24,26H,3-7,12-13,15-16H2,1-2H3,(H,30,35)/p+1/t21-,22+,24-,26+/m1/s1. The first-order valence-electron chi connectivity index (χ1n) is 13.4. The molecule has 3 aliphatic heterocycles. The van der Waals surface area contributed by atoms with Crippen molar-refractivity contribution in [2.24, 2.45) is 11.8 Å². The van der Waals surface area contributed by atoms with Crippen LogP contribution in [0.1, 0.15) is 54.4 Å². The first-order chi connectivity index (χ1) is 17.5. The summed E-state index contributed by atoms with van der Waals surface area (Å²) in [7, 11) is 1.44. The number of esters is 1. The predicted molar refractivity (Wildman–Crippen MR) is 150 cm³/mol. The number of carbonyl (C=O) groups excluding carboxylic acids is 1. The Balaban J connectivity index is 1.27. The number of rotatable bonds is 3. The van der Waals surface area contributed by atoms with Crippen molar-refractivity contribution in [3.05, 3.63) is 52.4 Å². The third kappa shape index (κ3) is 4.29. The maximum atomic E-state index is 12.9. The van der Waals surface area contributed by atoms with Gasteiger partial charge in [-0.2, -0.15) is 0 Å². The van der Waals surface area contributed by atoms with Crippen LogP contribution in [0.15, 0.2) is 41.3 Å². The van der Waals surface area contributed by atoms with Crippen LogP contribution in [-0.4, -0.2) is 54.8 Å². The van der Waals surface area contributed by atoms with Crippen LogP contribution >= 0.6 is 23.6 Å². The molecule has 3 saturated heterocycles. The van der Waals surface area contributed by atoms with Gasteiger partial charge < -0.3 is 19.9 Å². The molecule has 1 aliphatic carbocycles. The van der Waals surface area contributed by atoms with Crippen LogP contribution in [0.2, 0.25) is 0 Å². The van der Waals surface area contributed by atoms with Crippen LogP contribution in [0.4, 0.5) is 5.00 Å². The van der Waals surface area contributed by atoms with E-state index < -0.39 is 0 Å². The van der Waals surface area contributed by atoms with E-state index >= 15 is 0 Å². The lowest BCUT2D eigenvalue weighted by molar-refractivity contribution is -0.943. The first-order valence-corrected chi connectivity index (χ1v) is 14.7. The van der Waals surface area contributed by atoms with Gasteiger partial charge in [0.15, 0.2) is 5.11 Å². The van der Waals surface area contributed by atoms with Crippen molar-refractivity contribution in [3.63, 3.8) is 0 Å². The molecule has 4 aliphatic rings. The molecule has 2 bridgehead atoms. The molecule has 6 rings (SSSR count). The van der Waals surface area contributed by atoms with Gasteiger partial charge in [0.1, 0.15) is 10.6 Å². The number of nitrogens with zero attached hydrogens (tertiary/aromatic N) is 1. The Hall–Kier alpha value is -2.22. The van der Waals surface area contributed by atoms with Crippen LogP contribution in [0.25, 0.3) is 11.1 Å². The molecule has 3 fully saturated rings. The van der Waals surface area contributed by atoms with E-state index in [1.54, 1.807) is 5.57 Å². The predicted octanol–water partition coefficient (Wildman–Crippen LogP) is 4.68. The fraction of sp³-hybridized carbons (Fsp3) is 0.517. The minimum absolute atomic E-state index is 0.330. The quantitative estimate of drug-likeness (QED) is 0.348. The zero-order chi connectivity index (χ0) is 24.8. The molecule has 0 saturated carbocycles. The molecule has 0 spiro atoms. The minimum atomic E-state index is -0.330. The van der Waals surface area contributed by atoms with Crippen molar-refractivity contribution in [3.8, 4) is 11.1 Å². The van der Waals surface area contributed by atoms with Crippen molar-refractivity contribution in [1.29, 1.82) is 0 Å². The summed E-state index contributed by atoms with van der Waals surface area (Å²) in [6.07, 6.45) is 10.4. The lowest BCUT2D eigenvalue weighted by Gasteiger charge is -2.53. The summed E-state index contributed by atoms with van der Waals surface area (Å²) < 4.78 is 5.20. The summed E-state index contributed by atoms with van der Waals surface area (Å²) in [5, 5.41) is 7.05. The van der Waals surface area contributed by atoms with Crippen molar-refractivity contribution < 1.29 is 14.4 Å². The third-order valence-electron chi connectivity index (χ3n) is 8.88. The largest absolute Gasteiger partial charge is 0.465 e. The van der Waals surface area contributed by atoms with Crippen LogP contribution in [0, 0.1) is 18.8 Å². The molecule has 190 valence electrons. The molecule has 36 heavy (non-hydrogen) atoms. The lowest BCUT2D eigenvalue weighted by atomic mass is 9.68.